The number of aliphatic hydroxyl groups excluding tert-OH is 3. The van der Waals surface area contributed by atoms with E-state index < -0.39 is 89.8 Å². The molecule has 13 unspecified atom stereocenters. The fraction of sp³-hybridized carbons (Fsp3) is 0.750. The van der Waals surface area contributed by atoms with E-state index in [9.17, 15) is 45.0 Å². The first-order chi connectivity index (χ1) is 28.2. The molecule has 2 saturated heterocycles. The summed E-state index contributed by atoms with van der Waals surface area (Å²) in [5, 5.41) is 71.7. The van der Waals surface area contributed by atoms with Crippen LogP contribution in [0, 0.1) is 42.1 Å². The maximum absolute atomic E-state index is 13.6. The zero-order valence-corrected chi connectivity index (χ0v) is 34.0. The fourth-order valence-electron chi connectivity index (χ4n) is 11.1. The second kappa shape index (κ2) is 18.2. The van der Waals surface area contributed by atoms with Crippen LogP contribution in [0.3, 0.4) is 0 Å². The molecular weight excluding hydrogens is 762 g/mol. The Labute approximate surface area is 346 Å². The van der Waals surface area contributed by atoms with E-state index in [2.05, 4.69) is 29.4 Å². The van der Waals surface area contributed by atoms with Gasteiger partial charge in [0.1, 0.15) is 24.3 Å². The van der Waals surface area contributed by atoms with E-state index in [1.807, 2.05) is 6.08 Å². The van der Waals surface area contributed by atoms with Crippen LogP contribution in [0.5, 0.6) is 0 Å². The molecule has 0 aromatic heterocycles. The van der Waals surface area contributed by atoms with E-state index >= 15 is 0 Å². The number of primary amides is 1. The number of nitrogens with zero attached hydrogens (tertiary/aromatic N) is 1. The van der Waals surface area contributed by atoms with Gasteiger partial charge in [-0.1, -0.05) is 38.3 Å². The van der Waals surface area contributed by atoms with Crippen molar-refractivity contribution in [3.8, 4) is 0 Å². The molecule has 9 N–H and O–H groups in total. The van der Waals surface area contributed by atoms with Crippen molar-refractivity contribution in [2.75, 3.05) is 13.1 Å². The van der Waals surface area contributed by atoms with Gasteiger partial charge < -0.3 is 55.9 Å². The molecule has 0 aromatic rings. The highest BCUT2D eigenvalue weighted by Crippen LogP contribution is 2.50. The number of aliphatic carboxylic acids is 1. The second-order valence-corrected chi connectivity index (χ2v) is 18.5. The molecule has 15 nitrogen and oxygen atoms in total. The number of fused-ring (bicyclic) bond motifs is 3. The zero-order chi connectivity index (χ0) is 42.1. The number of amides is 1. The molecule has 15 heteroatoms. The predicted molar refractivity (Wildman–Crippen MR) is 214 cm³/mol. The smallest absolute Gasteiger partial charge is 0.343 e. The molecule has 0 aromatic carbocycles. The average molecular weight is 827 g/mol. The molecule has 0 radical (unpaired) electrons. The number of allylic oxidation sites excluding steroid dienone is 3. The first-order valence-electron chi connectivity index (χ1n) is 21.8. The molecule has 59 heavy (non-hydrogen) atoms. The Bertz CT molecular complexity index is 1660. The standard InChI is InChI=1S/C44H63N3O12/c1-25(6-5-9-26-7-3-2-4-8-26)29(20-27-17-19-46-22-27)23-47-24-43(55)41(59-42(40(53)54)18-16-34(49)44(43,56)39(42)52)57-31-14-15-32-33(21-31)58-37(38(45)51)35(36(32)50)28-10-12-30(48)13-11-28/h5,9,16-19,22,25-26,28-33,35-37,39,41,47-48,50,52,55-56H,2-4,6-8,10-15,20-21,23-24H2,1H3,(H2-,45,51,53,54)/p+1. The molecule has 7 rings (SSSR count). The van der Waals surface area contributed by atoms with Gasteiger partial charge in [0.2, 0.25) is 11.5 Å². The van der Waals surface area contributed by atoms with Crippen LogP contribution in [-0.2, 0) is 28.6 Å². The quantitative estimate of drug-likeness (QED) is 0.0871. The van der Waals surface area contributed by atoms with Gasteiger partial charge in [-0.3, -0.25) is 9.59 Å². The van der Waals surface area contributed by atoms with Crippen molar-refractivity contribution in [1.82, 2.24) is 5.32 Å². The van der Waals surface area contributed by atoms with Gasteiger partial charge in [-0.05, 0) is 100 Å². The van der Waals surface area contributed by atoms with E-state index in [0.29, 0.717) is 57.4 Å². The summed E-state index contributed by atoms with van der Waals surface area (Å²) < 4.78 is 18.8. The van der Waals surface area contributed by atoms with Crippen molar-refractivity contribution in [2.45, 2.75) is 157 Å². The summed E-state index contributed by atoms with van der Waals surface area (Å²) in [6.07, 6.45) is 12.5. The van der Waals surface area contributed by atoms with Gasteiger partial charge in [-0.15, -0.1) is 4.99 Å². The Morgan fingerprint density at radius 3 is 2.51 bits per heavy atom. The number of rotatable bonds is 15. The third kappa shape index (κ3) is 8.61. The lowest BCUT2D eigenvalue weighted by molar-refractivity contribution is -0.381. The maximum Gasteiger partial charge on any atom is 0.343 e. The van der Waals surface area contributed by atoms with Gasteiger partial charge in [-0.25, -0.2) is 4.79 Å². The molecule has 326 valence electrons. The predicted octanol–water partition coefficient (Wildman–Crippen LogP) is 2.03. The van der Waals surface area contributed by atoms with Crippen LogP contribution in [0.15, 0.2) is 40.9 Å². The SMILES string of the molecule is CC(CC=CC1CCCCC1)C(CNCC1(O)C(OC2CCC3C(C2)OC(C(N)=O)C(C2CCC(O)CC2)C3O)OC2(C(=O)O)C=CC(=O)C1(O)C2O)CC1=C[CH+]N=C1. The molecular formula is C44H64N3O12+. The third-order valence-electron chi connectivity index (χ3n) is 14.8. The average Bonchev–Trinajstić information content (AvgIpc) is 3.73. The lowest BCUT2D eigenvalue weighted by Crippen LogP contribution is -2.84. The minimum Gasteiger partial charge on any atom is -0.479 e. The number of nitrogens with two attached hydrogens (primary N) is 1. The van der Waals surface area contributed by atoms with Gasteiger partial charge in [-0.2, -0.15) is 0 Å². The number of carbonyl (C=O) groups is 3. The van der Waals surface area contributed by atoms with Crippen molar-refractivity contribution in [1.29, 1.82) is 0 Å². The van der Waals surface area contributed by atoms with Crippen molar-refractivity contribution in [2.24, 2.45) is 46.2 Å². The van der Waals surface area contributed by atoms with E-state index in [0.717, 1.165) is 24.1 Å². The molecule has 5 fully saturated rings. The number of ketones is 1. The Morgan fingerprint density at radius 2 is 1.83 bits per heavy atom. The Morgan fingerprint density at radius 1 is 1.08 bits per heavy atom. The van der Waals surface area contributed by atoms with Crippen molar-refractivity contribution < 1.29 is 59.2 Å². The number of carbonyl (C=O) groups excluding carboxylic acids is 2. The van der Waals surface area contributed by atoms with Crippen LogP contribution in [0.1, 0.15) is 96.8 Å². The number of carboxylic acids is 1. The van der Waals surface area contributed by atoms with Crippen LogP contribution in [0.2, 0.25) is 0 Å². The third-order valence-corrected chi connectivity index (χ3v) is 14.8. The van der Waals surface area contributed by atoms with Crippen molar-refractivity contribution >= 4 is 23.9 Å². The summed E-state index contributed by atoms with van der Waals surface area (Å²) >= 11 is 0. The molecule has 1 amide bonds. The lowest BCUT2D eigenvalue weighted by Gasteiger charge is -2.58. The number of carboxylic acid groups (broad SMARTS) is 1. The monoisotopic (exact) mass is 826 g/mol. The minimum atomic E-state index is -3.05. The molecule has 2 bridgehead atoms. The van der Waals surface area contributed by atoms with Gasteiger partial charge in [0.25, 0.3) is 0 Å². The lowest BCUT2D eigenvalue weighted by atomic mass is 9.64. The number of ether oxygens (including phenoxy) is 3. The van der Waals surface area contributed by atoms with Crippen molar-refractivity contribution in [3.63, 3.8) is 0 Å². The first kappa shape index (κ1) is 44.1. The van der Waals surface area contributed by atoms with Crippen molar-refractivity contribution in [3.05, 3.63) is 42.5 Å². The Balaban J connectivity index is 1.09. The van der Waals surface area contributed by atoms with Gasteiger partial charge in [0.05, 0.1) is 30.5 Å². The number of aliphatic hydroxyl groups is 5. The van der Waals surface area contributed by atoms with Gasteiger partial charge in [0, 0.05) is 31.2 Å². The summed E-state index contributed by atoms with van der Waals surface area (Å²) in [4.78, 5) is 43.4. The Kier molecular flexibility index (Phi) is 13.6. The largest absolute Gasteiger partial charge is 0.479 e. The van der Waals surface area contributed by atoms with Gasteiger partial charge >= 0.3 is 5.97 Å². The van der Waals surface area contributed by atoms with Crippen LogP contribution in [0.4, 0.5) is 0 Å². The van der Waals surface area contributed by atoms with Crippen LogP contribution in [0.25, 0.3) is 0 Å². The molecule has 3 heterocycles. The molecule has 3 aliphatic heterocycles. The first-order valence-corrected chi connectivity index (χ1v) is 21.8. The summed E-state index contributed by atoms with van der Waals surface area (Å²) in [5.41, 5.74) is -1.50. The van der Waals surface area contributed by atoms with E-state index in [1.165, 1.54) is 32.1 Å². The minimum absolute atomic E-state index is 0.00757. The van der Waals surface area contributed by atoms with E-state index in [-0.39, 0.29) is 30.1 Å². The fourth-order valence-corrected chi connectivity index (χ4v) is 11.1. The molecule has 3 saturated carbocycles. The molecule has 7 aliphatic rings. The highest BCUT2D eigenvalue weighted by atomic mass is 16.7. The summed E-state index contributed by atoms with van der Waals surface area (Å²) in [6.45, 7) is 3.67. The zero-order valence-electron chi connectivity index (χ0n) is 34.0. The maximum atomic E-state index is 13.6. The van der Waals surface area contributed by atoms with E-state index in [1.54, 1.807) is 12.8 Å². The molecule has 4 aliphatic carbocycles. The molecule has 0 spiro atoms. The van der Waals surface area contributed by atoms with Gasteiger partial charge in [0.15, 0.2) is 29.5 Å². The highest BCUT2D eigenvalue weighted by molar-refractivity contribution is 6.03. The normalized spacial score (nSPS) is 42.2. The van der Waals surface area contributed by atoms with Crippen LogP contribution in [-0.4, -0.2) is 127 Å². The molecule has 13 atom stereocenters. The number of nitrogens with one attached hydrogen (secondary N) is 1. The van der Waals surface area contributed by atoms with Crippen LogP contribution >= 0.6 is 0 Å². The number of hydrogen-bond donors (Lipinski definition) is 8. The summed E-state index contributed by atoms with van der Waals surface area (Å²) in [6, 6.07) is 0. The topological polar surface area (TPSA) is 251 Å². The number of aliphatic imine (C=N–C) groups is 1. The summed E-state index contributed by atoms with van der Waals surface area (Å²) in [5.74, 6) is -3.74. The number of hydrogen-bond acceptors (Lipinski definition) is 13. The van der Waals surface area contributed by atoms with E-state index in [4.69, 9.17) is 19.9 Å². The van der Waals surface area contributed by atoms with Crippen LogP contribution < -0.4 is 11.1 Å². The Hall–Kier alpha value is -2.99. The summed E-state index contributed by atoms with van der Waals surface area (Å²) in [7, 11) is 0. The second-order valence-electron chi connectivity index (χ2n) is 18.5. The highest BCUT2D eigenvalue weighted by Gasteiger charge is 2.76.